The largest absolute Gasteiger partial charge is 0.398 e. The quantitative estimate of drug-likeness (QED) is 0.828. The average molecular weight is 355 g/mol. The van der Waals surface area contributed by atoms with E-state index in [2.05, 4.69) is 20.7 Å². The molecule has 0 saturated heterocycles. The minimum absolute atomic E-state index is 0.0784. The molecule has 0 spiro atoms. The van der Waals surface area contributed by atoms with Gasteiger partial charge in [0.25, 0.3) is 0 Å². The van der Waals surface area contributed by atoms with Gasteiger partial charge in [0.05, 0.1) is 5.69 Å². The molecule has 2 aromatic carbocycles. The summed E-state index contributed by atoms with van der Waals surface area (Å²) in [7, 11) is -3.67. The lowest BCUT2D eigenvalue weighted by Gasteiger charge is -2.15. The van der Waals surface area contributed by atoms with Crippen LogP contribution in [-0.2, 0) is 10.0 Å². The van der Waals surface area contributed by atoms with Gasteiger partial charge in [-0.3, -0.25) is 0 Å². The Morgan fingerprint density at radius 1 is 1.15 bits per heavy atom. The van der Waals surface area contributed by atoms with Crippen LogP contribution in [0.2, 0.25) is 0 Å². The molecule has 0 aliphatic heterocycles. The van der Waals surface area contributed by atoms with E-state index in [4.69, 9.17) is 5.73 Å². The Balaban J connectivity index is 2.30. The molecule has 106 valence electrons. The van der Waals surface area contributed by atoms with Gasteiger partial charge in [0.2, 0.25) is 10.0 Å². The summed E-state index contributed by atoms with van der Waals surface area (Å²) < 4.78 is 28.0. The van der Waals surface area contributed by atoms with Crippen LogP contribution in [0, 0.1) is 0 Å². The molecule has 3 N–H and O–H groups in total. The molecule has 0 radical (unpaired) electrons. The molecule has 0 aliphatic carbocycles. The number of nitrogen functional groups attached to an aromatic ring is 1. The highest BCUT2D eigenvalue weighted by molar-refractivity contribution is 9.10. The molecule has 0 bridgehead atoms. The minimum atomic E-state index is -3.67. The summed E-state index contributed by atoms with van der Waals surface area (Å²) in [5, 5.41) is 0. The zero-order chi connectivity index (χ0) is 14.8. The molecular weight excluding hydrogens is 340 g/mol. The van der Waals surface area contributed by atoms with Crippen molar-refractivity contribution in [2.24, 2.45) is 0 Å². The molecule has 6 heteroatoms. The second kappa shape index (κ2) is 5.95. The molecule has 0 saturated carbocycles. The Hall–Kier alpha value is -1.37. The Morgan fingerprint density at radius 2 is 1.80 bits per heavy atom. The summed E-state index contributed by atoms with van der Waals surface area (Å²) in [5.74, 6) is 0. The average Bonchev–Trinajstić information content (AvgIpc) is 2.42. The molecule has 20 heavy (non-hydrogen) atoms. The Bertz CT molecular complexity index is 702. The summed E-state index contributed by atoms with van der Waals surface area (Å²) in [4.78, 5) is 0.0784. The second-order valence-electron chi connectivity index (χ2n) is 4.44. The molecule has 0 aromatic heterocycles. The standard InChI is InChI=1S/C14H15BrN2O2S/c1-10(11-5-3-2-4-6-11)17-20(18,19)14-9-12(15)7-8-13(14)16/h2-10,17H,16H2,1H3/t10-/m1/s1. The fourth-order valence-electron chi connectivity index (χ4n) is 1.85. The van der Waals surface area contributed by atoms with Gasteiger partial charge in [-0.1, -0.05) is 46.3 Å². The van der Waals surface area contributed by atoms with Crippen LogP contribution < -0.4 is 10.5 Å². The first-order chi connectivity index (χ1) is 9.40. The minimum Gasteiger partial charge on any atom is -0.398 e. The monoisotopic (exact) mass is 354 g/mol. The molecule has 0 unspecified atom stereocenters. The Morgan fingerprint density at radius 3 is 2.45 bits per heavy atom. The first kappa shape index (κ1) is 15.0. The Kier molecular flexibility index (Phi) is 4.47. The van der Waals surface area contributed by atoms with Gasteiger partial charge < -0.3 is 5.73 Å². The third kappa shape index (κ3) is 3.39. The highest BCUT2D eigenvalue weighted by Gasteiger charge is 2.21. The van der Waals surface area contributed by atoms with Crippen LogP contribution in [0.5, 0.6) is 0 Å². The number of anilines is 1. The summed E-state index contributed by atoms with van der Waals surface area (Å²) in [6, 6.07) is 13.8. The van der Waals surface area contributed by atoms with Crippen LogP contribution in [0.15, 0.2) is 57.9 Å². The van der Waals surface area contributed by atoms with Crippen molar-refractivity contribution in [2.45, 2.75) is 17.9 Å². The van der Waals surface area contributed by atoms with Crippen molar-refractivity contribution in [1.29, 1.82) is 0 Å². The third-order valence-electron chi connectivity index (χ3n) is 2.90. The Labute approximate surface area is 127 Å². The molecule has 1 atom stereocenters. The number of sulfonamides is 1. The summed E-state index contributed by atoms with van der Waals surface area (Å²) >= 11 is 3.25. The van der Waals surface area contributed by atoms with E-state index in [9.17, 15) is 8.42 Å². The molecule has 0 heterocycles. The lowest BCUT2D eigenvalue weighted by molar-refractivity contribution is 0.567. The van der Waals surface area contributed by atoms with Crippen LogP contribution in [0.3, 0.4) is 0 Å². The van der Waals surface area contributed by atoms with Gasteiger partial charge in [0.1, 0.15) is 4.90 Å². The maximum Gasteiger partial charge on any atom is 0.243 e. The molecule has 0 fully saturated rings. The van der Waals surface area contributed by atoms with Crippen molar-refractivity contribution in [3.05, 3.63) is 58.6 Å². The van der Waals surface area contributed by atoms with Gasteiger partial charge in [0.15, 0.2) is 0 Å². The van der Waals surface area contributed by atoms with E-state index < -0.39 is 10.0 Å². The lowest BCUT2D eigenvalue weighted by Crippen LogP contribution is -2.27. The van der Waals surface area contributed by atoms with E-state index in [-0.39, 0.29) is 16.6 Å². The van der Waals surface area contributed by atoms with Gasteiger partial charge in [-0.15, -0.1) is 0 Å². The van der Waals surface area contributed by atoms with Crippen molar-refractivity contribution in [3.63, 3.8) is 0 Å². The summed E-state index contributed by atoms with van der Waals surface area (Å²) in [5.41, 5.74) is 6.87. The smallest absolute Gasteiger partial charge is 0.243 e. The van der Waals surface area contributed by atoms with Crippen LogP contribution in [-0.4, -0.2) is 8.42 Å². The van der Waals surface area contributed by atoms with Gasteiger partial charge in [-0.25, -0.2) is 13.1 Å². The van der Waals surface area contributed by atoms with Crippen molar-refractivity contribution in [3.8, 4) is 0 Å². The molecule has 2 rings (SSSR count). The molecule has 2 aromatic rings. The zero-order valence-corrected chi connectivity index (χ0v) is 13.3. The topological polar surface area (TPSA) is 72.2 Å². The van der Waals surface area contributed by atoms with Gasteiger partial charge in [-0.2, -0.15) is 0 Å². The van der Waals surface area contributed by atoms with Crippen LogP contribution in [0.25, 0.3) is 0 Å². The number of nitrogens with one attached hydrogen (secondary N) is 1. The molecule has 0 aliphatic rings. The summed E-state index contributed by atoms with van der Waals surface area (Å²) in [6.45, 7) is 1.79. The van der Waals surface area contributed by atoms with Crippen molar-refractivity contribution in [1.82, 2.24) is 4.72 Å². The maximum absolute atomic E-state index is 12.4. The number of nitrogens with two attached hydrogens (primary N) is 1. The van der Waals surface area contributed by atoms with Crippen LogP contribution in [0.1, 0.15) is 18.5 Å². The van der Waals surface area contributed by atoms with Crippen LogP contribution in [0.4, 0.5) is 5.69 Å². The van der Waals surface area contributed by atoms with Gasteiger partial charge in [-0.05, 0) is 30.7 Å². The number of benzene rings is 2. The number of halogens is 1. The number of rotatable bonds is 4. The summed E-state index contributed by atoms with van der Waals surface area (Å²) in [6.07, 6.45) is 0. The molecular formula is C14H15BrN2O2S. The van der Waals surface area contributed by atoms with E-state index in [1.54, 1.807) is 19.1 Å². The molecule has 4 nitrogen and oxygen atoms in total. The second-order valence-corrected chi connectivity index (χ2v) is 7.03. The first-order valence-corrected chi connectivity index (χ1v) is 8.30. The van der Waals surface area contributed by atoms with Gasteiger partial charge in [0, 0.05) is 10.5 Å². The van der Waals surface area contributed by atoms with E-state index in [1.807, 2.05) is 30.3 Å². The van der Waals surface area contributed by atoms with Crippen molar-refractivity contribution in [2.75, 3.05) is 5.73 Å². The third-order valence-corrected chi connectivity index (χ3v) is 4.99. The molecule has 0 amide bonds. The zero-order valence-electron chi connectivity index (χ0n) is 10.9. The fourth-order valence-corrected chi connectivity index (χ4v) is 3.75. The van der Waals surface area contributed by atoms with E-state index in [1.165, 1.54) is 6.07 Å². The van der Waals surface area contributed by atoms with Crippen molar-refractivity contribution >= 4 is 31.6 Å². The fraction of sp³-hybridized carbons (Fsp3) is 0.143. The maximum atomic E-state index is 12.4. The van der Waals surface area contributed by atoms with E-state index in [0.717, 1.165) is 5.56 Å². The highest BCUT2D eigenvalue weighted by atomic mass is 79.9. The van der Waals surface area contributed by atoms with E-state index in [0.29, 0.717) is 4.47 Å². The number of hydrogen-bond donors (Lipinski definition) is 2. The van der Waals surface area contributed by atoms with Crippen LogP contribution >= 0.6 is 15.9 Å². The normalized spacial score (nSPS) is 13.1. The van der Waals surface area contributed by atoms with E-state index >= 15 is 0 Å². The highest BCUT2D eigenvalue weighted by Crippen LogP contribution is 2.24. The first-order valence-electron chi connectivity index (χ1n) is 6.02. The predicted molar refractivity (Wildman–Crippen MR) is 83.7 cm³/mol. The van der Waals surface area contributed by atoms with Gasteiger partial charge >= 0.3 is 0 Å². The lowest BCUT2D eigenvalue weighted by atomic mass is 10.1. The number of hydrogen-bond acceptors (Lipinski definition) is 3. The predicted octanol–water partition coefficient (Wildman–Crippen LogP) is 3.07. The SMILES string of the molecule is C[C@@H](NS(=O)(=O)c1cc(Br)ccc1N)c1ccccc1. The van der Waals surface area contributed by atoms with Crippen molar-refractivity contribution < 1.29 is 8.42 Å².